The average Bonchev–Trinajstić information content (AvgIpc) is 2.70. The van der Waals surface area contributed by atoms with E-state index in [-0.39, 0.29) is 0 Å². The molecule has 1 aliphatic carbocycles. The molecule has 1 aromatic heterocycles. The molecule has 3 nitrogen and oxygen atoms in total. The van der Waals surface area contributed by atoms with Gasteiger partial charge in [0, 0.05) is 28.4 Å². The second-order valence-electron chi connectivity index (χ2n) is 3.82. The van der Waals surface area contributed by atoms with Gasteiger partial charge in [-0.25, -0.2) is 0 Å². The highest BCUT2D eigenvalue weighted by atomic mass is 79.9. The van der Waals surface area contributed by atoms with Gasteiger partial charge in [-0.05, 0) is 28.8 Å². The quantitative estimate of drug-likeness (QED) is 0.778. The van der Waals surface area contributed by atoms with Crippen molar-refractivity contribution < 1.29 is 10.0 Å². The minimum absolute atomic E-state index is 0.541. The first-order valence-corrected chi connectivity index (χ1v) is 5.71. The van der Waals surface area contributed by atoms with Crippen molar-refractivity contribution in [1.29, 1.82) is 0 Å². The average molecular weight is 258 g/mol. The number of halogens is 1. The van der Waals surface area contributed by atoms with Gasteiger partial charge in [-0.2, -0.15) is 0 Å². The fraction of sp³-hybridized carbons (Fsp3) is 0.556. The van der Waals surface area contributed by atoms with E-state index in [1.54, 1.807) is 0 Å². The lowest BCUT2D eigenvalue weighted by Gasteiger charge is -2.10. The summed E-state index contributed by atoms with van der Waals surface area (Å²) >= 11 is 3.32. The van der Waals surface area contributed by atoms with Crippen LogP contribution in [0.1, 0.15) is 31.7 Å². The zero-order chi connectivity index (χ0) is 10.1. The summed E-state index contributed by atoms with van der Waals surface area (Å²) in [5.41, 5.74) is 0.553. The van der Waals surface area contributed by atoms with Crippen molar-refractivity contribution in [3.8, 4) is 0 Å². The SMILES string of the molecule is OB(O)c1cn(C2CCCC2)cc1Br. The summed E-state index contributed by atoms with van der Waals surface area (Å²) in [4.78, 5) is 0. The molecular weight excluding hydrogens is 245 g/mol. The lowest BCUT2D eigenvalue weighted by molar-refractivity contribution is 0.425. The zero-order valence-electron chi connectivity index (χ0n) is 7.86. The van der Waals surface area contributed by atoms with Crippen LogP contribution in [-0.2, 0) is 0 Å². The van der Waals surface area contributed by atoms with Crippen molar-refractivity contribution in [2.24, 2.45) is 0 Å². The summed E-state index contributed by atoms with van der Waals surface area (Å²) in [5, 5.41) is 18.1. The van der Waals surface area contributed by atoms with Crippen molar-refractivity contribution >= 4 is 28.5 Å². The molecule has 0 saturated heterocycles. The first kappa shape index (κ1) is 10.3. The molecule has 0 bridgehead atoms. The van der Waals surface area contributed by atoms with Gasteiger partial charge in [-0.15, -0.1) is 0 Å². The van der Waals surface area contributed by atoms with Gasteiger partial charge in [0.2, 0.25) is 0 Å². The Hall–Kier alpha value is -0.255. The first-order valence-electron chi connectivity index (χ1n) is 4.91. The summed E-state index contributed by atoms with van der Waals surface area (Å²) in [6, 6.07) is 0.541. The molecule has 2 N–H and O–H groups in total. The van der Waals surface area contributed by atoms with Crippen LogP contribution in [0.2, 0.25) is 0 Å². The van der Waals surface area contributed by atoms with E-state index in [0.717, 1.165) is 4.47 Å². The highest BCUT2D eigenvalue weighted by molar-refractivity contribution is 9.10. The Morgan fingerprint density at radius 2 is 1.93 bits per heavy atom. The van der Waals surface area contributed by atoms with Crippen LogP contribution in [0.15, 0.2) is 16.9 Å². The Bertz CT molecular complexity index is 321. The van der Waals surface area contributed by atoms with Gasteiger partial charge in [-0.1, -0.05) is 12.8 Å². The number of hydrogen-bond acceptors (Lipinski definition) is 2. The van der Waals surface area contributed by atoms with E-state index in [1.807, 2.05) is 12.4 Å². The van der Waals surface area contributed by atoms with E-state index >= 15 is 0 Å². The predicted octanol–water partition coefficient (Wildman–Crippen LogP) is 1.05. The van der Waals surface area contributed by atoms with Crippen LogP contribution < -0.4 is 5.46 Å². The third-order valence-corrected chi connectivity index (χ3v) is 3.51. The summed E-state index contributed by atoms with van der Waals surface area (Å²) in [6.07, 6.45) is 8.70. The largest absolute Gasteiger partial charge is 0.491 e. The molecule has 0 atom stereocenters. The Kier molecular flexibility index (Phi) is 3.00. The third-order valence-electron chi connectivity index (χ3n) is 2.85. The van der Waals surface area contributed by atoms with Gasteiger partial charge in [0.25, 0.3) is 0 Å². The van der Waals surface area contributed by atoms with Crippen LogP contribution in [0.4, 0.5) is 0 Å². The van der Waals surface area contributed by atoms with Gasteiger partial charge in [0.05, 0.1) is 0 Å². The summed E-state index contributed by atoms with van der Waals surface area (Å²) in [5.74, 6) is 0. The molecule has 0 aliphatic heterocycles. The standard InChI is InChI=1S/C9H13BBrNO2/c11-9-6-12(5-8(9)10(13)14)7-3-1-2-4-7/h5-7,13-14H,1-4H2. The molecule has 76 valence electrons. The molecule has 1 saturated carbocycles. The maximum absolute atomic E-state index is 9.07. The fourth-order valence-electron chi connectivity index (χ4n) is 2.07. The maximum atomic E-state index is 9.07. The number of hydrogen-bond donors (Lipinski definition) is 2. The number of rotatable bonds is 2. The topological polar surface area (TPSA) is 45.4 Å². The summed E-state index contributed by atoms with van der Waals surface area (Å²) in [6.45, 7) is 0. The minimum atomic E-state index is -1.38. The molecule has 1 aliphatic rings. The second-order valence-corrected chi connectivity index (χ2v) is 4.67. The van der Waals surface area contributed by atoms with Crippen molar-refractivity contribution in [2.45, 2.75) is 31.7 Å². The fourth-order valence-corrected chi connectivity index (χ4v) is 2.61. The van der Waals surface area contributed by atoms with Crippen LogP contribution in [0.5, 0.6) is 0 Å². The predicted molar refractivity (Wildman–Crippen MR) is 59.5 cm³/mol. The molecule has 0 spiro atoms. The van der Waals surface area contributed by atoms with Gasteiger partial charge >= 0.3 is 7.12 Å². The molecular formula is C9H13BBrNO2. The molecule has 0 radical (unpaired) electrons. The smallest absolute Gasteiger partial charge is 0.423 e. The molecule has 0 aromatic carbocycles. The lowest BCUT2D eigenvalue weighted by atomic mass is 9.83. The third kappa shape index (κ3) is 1.90. The number of nitrogens with zero attached hydrogens (tertiary/aromatic N) is 1. The number of aromatic nitrogens is 1. The van der Waals surface area contributed by atoms with Crippen LogP contribution >= 0.6 is 15.9 Å². The highest BCUT2D eigenvalue weighted by Crippen LogP contribution is 2.30. The Morgan fingerprint density at radius 3 is 2.43 bits per heavy atom. The first-order chi connectivity index (χ1) is 6.68. The Morgan fingerprint density at radius 1 is 1.29 bits per heavy atom. The molecule has 1 aromatic rings. The molecule has 5 heteroatoms. The lowest BCUT2D eigenvalue weighted by Crippen LogP contribution is -2.29. The molecule has 14 heavy (non-hydrogen) atoms. The van der Waals surface area contributed by atoms with Crippen LogP contribution in [0.3, 0.4) is 0 Å². The van der Waals surface area contributed by atoms with Crippen LogP contribution in [0, 0.1) is 0 Å². The molecule has 0 amide bonds. The van der Waals surface area contributed by atoms with Crippen molar-refractivity contribution in [3.63, 3.8) is 0 Å². The Labute approximate surface area is 92.0 Å². The maximum Gasteiger partial charge on any atom is 0.491 e. The molecule has 1 fully saturated rings. The molecule has 2 rings (SSSR count). The van der Waals surface area contributed by atoms with Gasteiger partial charge in [0.1, 0.15) is 0 Å². The van der Waals surface area contributed by atoms with Crippen molar-refractivity contribution in [3.05, 3.63) is 16.9 Å². The van der Waals surface area contributed by atoms with E-state index in [2.05, 4.69) is 20.5 Å². The molecule has 0 unspecified atom stereocenters. The highest BCUT2D eigenvalue weighted by Gasteiger charge is 2.22. The Balaban J connectivity index is 2.22. The van der Waals surface area contributed by atoms with E-state index in [4.69, 9.17) is 10.0 Å². The van der Waals surface area contributed by atoms with Crippen LogP contribution in [-0.4, -0.2) is 21.7 Å². The van der Waals surface area contributed by atoms with Gasteiger partial charge < -0.3 is 14.6 Å². The molecule has 1 heterocycles. The second kappa shape index (κ2) is 4.09. The van der Waals surface area contributed by atoms with Gasteiger partial charge in [0.15, 0.2) is 0 Å². The summed E-state index contributed by atoms with van der Waals surface area (Å²) in [7, 11) is -1.38. The van der Waals surface area contributed by atoms with Crippen molar-refractivity contribution in [2.75, 3.05) is 0 Å². The van der Waals surface area contributed by atoms with E-state index < -0.39 is 7.12 Å². The normalized spacial score (nSPS) is 17.6. The monoisotopic (exact) mass is 257 g/mol. The van der Waals surface area contributed by atoms with E-state index in [1.165, 1.54) is 25.7 Å². The van der Waals surface area contributed by atoms with E-state index in [9.17, 15) is 0 Å². The minimum Gasteiger partial charge on any atom is -0.423 e. The zero-order valence-corrected chi connectivity index (χ0v) is 9.44. The van der Waals surface area contributed by atoms with E-state index in [0.29, 0.717) is 11.5 Å². The summed E-state index contributed by atoms with van der Waals surface area (Å²) < 4.78 is 2.87. The van der Waals surface area contributed by atoms with Gasteiger partial charge in [-0.3, -0.25) is 0 Å². The van der Waals surface area contributed by atoms with Crippen LogP contribution in [0.25, 0.3) is 0 Å². The van der Waals surface area contributed by atoms with Crippen molar-refractivity contribution in [1.82, 2.24) is 4.57 Å².